The van der Waals surface area contributed by atoms with Gasteiger partial charge in [0.1, 0.15) is 0 Å². The highest BCUT2D eigenvalue weighted by Crippen LogP contribution is 2.28. The van der Waals surface area contributed by atoms with Crippen molar-refractivity contribution >= 4 is 42.6 Å². The fourth-order valence-electron chi connectivity index (χ4n) is 1.54. The van der Waals surface area contributed by atoms with Crippen LogP contribution in [0.15, 0.2) is 23.1 Å². The average molecular weight is 313 g/mol. The van der Waals surface area contributed by atoms with Crippen molar-refractivity contribution in [2.45, 2.75) is 18.2 Å². The molecule has 0 bridgehead atoms. The number of amides is 1. The predicted molar refractivity (Wildman–Crippen MR) is 79.4 cm³/mol. The Hall–Kier alpha value is -1.51. The first-order chi connectivity index (χ1) is 9.34. The molecule has 0 aliphatic heterocycles. The van der Waals surface area contributed by atoms with E-state index in [1.165, 1.54) is 31.5 Å². The summed E-state index contributed by atoms with van der Waals surface area (Å²) in [5.74, 6) is -0.120. The number of sulfonamides is 1. The van der Waals surface area contributed by atoms with E-state index in [0.717, 1.165) is 9.01 Å². The summed E-state index contributed by atoms with van der Waals surface area (Å²) in [6.45, 7) is 1.75. The highest BCUT2D eigenvalue weighted by atomic mass is 32.2. The molecular weight excluding hydrogens is 298 g/mol. The molecule has 0 saturated heterocycles. The molecule has 2 aromatic rings. The maximum Gasteiger partial charge on any atom is 0.242 e. The molecule has 1 N–H and O–H groups in total. The highest BCUT2D eigenvalue weighted by molar-refractivity contribution is 7.89. The molecule has 20 heavy (non-hydrogen) atoms. The van der Waals surface area contributed by atoms with Crippen molar-refractivity contribution in [3.05, 3.63) is 18.2 Å². The molecule has 0 spiro atoms. The molecule has 0 fully saturated rings. The molecule has 8 heteroatoms. The van der Waals surface area contributed by atoms with Crippen LogP contribution in [0.5, 0.6) is 0 Å². The van der Waals surface area contributed by atoms with Crippen molar-refractivity contribution in [3.8, 4) is 0 Å². The van der Waals surface area contributed by atoms with Gasteiger partial charge < -0.3 is 5.32 Å². The van der Waals surface area contributed by atoms with Gasteiger partial charge in [-0.05, 0) is 18.2 Å². The first-order valence-corrected chi connectivity index (χ1v) is 8.23. The van der Waals surface area contributed by atoms with Crippen LogP contribution in [-0.2, 0) is 14.8 Å². The second kappa shape index (κ2) is 5.47. The summed E-state index contributed by atoms with van der Waals surface area (Å²) in [7, 11) is -0.491. The standard InChI is InChI=1S/C12H15N3O3S2/c1-4-11(16)14-12-13-9-6-5-8(7-10(9)19-12)20(17,18)15(2)3/h5-7H,4H2,1-3H3,(H,13,14,16). The molecule has 0 aliphatic rings. The normalized spacial score (nSPS) is 12.0. The SMILES string of the molecule is CCC(=O)Nc1nc2ccc(S(=O)(=O)N(C)C)cc2s1. The topological polar surface area (TPSA) is 79.4 Å². The first kappa shape index (κ1) is 14.9. The van der Waals surface area contributed by atoms with Gasteiger partial charge in [0.15, 0.2) is 5.13 Å². The summed E-state index contributed by atoms with van der Waals surface area (Å²) in [5, 5.41) is 3.15. The number of fused-ring (bicyclic) bond motifs is 1. The third kappa shape index (κ3) is 2.82. The Morgan fingerprint density at radius 2 is 2.10 bits per heavy atom. The van der Waals surface area contributed by atoms with E-state index >= 15 is 0 Å². The van der Waals surface area contributed by atoms with E-state index in [4.69, 9.17) is 0 Å². The lowest BCUT2D eigenvalue weighted by Gasteiger charge is -2.10. The Bertz CT molecular complexity index is 750. The Morgan fingerprint density at radius 3 is 2.70 bits per heavy atom. The second-order valence-electron chi connectivity index (χ2n) is 4.34. The number of anilines is 1. The van der Waals surface area contributed by atoms with Crippen LogP contribution >= 0.6 is 11.3 Å². The smallest absolute Gasteiger partial charge is 0.242 e. The molecule has 1 heterocycles. The van der Waals surface area contributed by atoms with Gasteiger partial charge in [0.2, 0.25) is 15.9 Å². The van der Waals surface area contributed by atoms with Gasteiger partial charge in [0, 0.05) is 20.5 Å². The zero-order valence-corrected chi connectivity index (χ0v) is 13.0. The summed E-state index contributed by atoms with van der Waals surface area (Å²) in [5.41, 5.74) is 0.666. The van der Waals surface area contributed by atoms with Crippen LogP contribution in [0.1, 0.15) is 13.3 Å². The quantitative estimate of drug-likeness (QED) is 0.935. The van der Waals surface area contributed by atoms with Crippen LogP contribution in [0, 0.1) is 0 Å². The number of nitrogens with zero attached hydrogens (tertiary/aromatic N) is 2. The van der Waals surface area contributed by atoms with Crippen LogP contribution in [0.25, 0.3) is 10.2 Å². The summed E-state index contributed by atoms with van der Waals surface area (Å²) in [4.78, 5) is 15.8. The van der Waals surface area contributed by atoms with Gasteiger partial charge in [0.05, 0.1) is 15.1 Å². The fourth-order valence-corrected chi connectivity index (χ4v) is 3.46. The van der Waals surface area contributed by atoms with Crippen molar-refractivity contribution in [3.63, 3.8) is 0 Å². The molecule has 0 unspecified atom stereocenters. The average Bonchev–Trinajstić information content (AvgIpc) is 2.79. The van der Waals surface area contributed by atoms with E-state index < -0.39 is 10.0 Å². The van der Waals surface area contributed by atoms with Gasteiger partial charge in [-0.25, -0.2) is 17.7 Å². The van der Waals surface area contributed by atoms with Gasteiger partial charge >= 0.3 is 0 Å². The van der Waals surface area contributed by atoms with Crippen molar-refractivity contribution in [2.75, 3.05) is 19.4 Å². The Labute approximate surface area is 121 Å². The van der Waals surface area contributed by atoms with E-state index in [2.05, 4.69) is 10.3 Å². The minimum atomic E-state index is -3.46. The molecular formula is C12H15N3O3S2. The van der Waals surface area contributed by atoms with Gasteiger partial charge in [-0.2, -0.15) is 0 Å². The first-order valence-electron chi connectivity index (χ1n) is 5.97. The van der Waals surface area contributed by atoms with Crippen molar-refractivity contribution < 1.29 is 13.2 Å². The largest absolute Gasteiger partial charge is 0.302 e. The lowest BCUT2D eigenvalue weighted by atomic mass is 10.3. The van der Waals surface area contributed by atoms with E-state index in [0.29, 0.717) is 17.1 Å². The van der Waals surface area contributed by atoms with E-state index in [-0.39, 0.29) is 10.8 Å². The van der Waals surface area contributed by atoms with Gasteiger partial charge in [0.25, 0.3) is 0 Å². The number of aromatic nitrogens is 1. The molecule has 2 rings (SSSR count). The second-order valence-corrected chi connectivity index (χ2v) is 7.52. The van der Waals surface area contributed by atoms with E-state index in [9.17, 15) is 13.2 Å². The van der Waals surface area contributed by atoms with E-state index in [1.807, 2.05) is 0 Å². The van der Waals surface area contributed by atoms with Crippen LogP contribution in [0.3, 0.4) is 0 Å². The monoisotopic (exact) mass is 313 g/mol. The molecule has 1 amide bonds. The maximum atomic E-state index is 12.0. The van der Waals surface area contributed by atoms with Crippen molar-refractivity contribution in [2.24, 2.45) is 0 Å². The number of hydrogen-bond donors (Lipinski definition) is 1. The summed E-state index contributed by atoms with van der Waals surface area (Å²) in [6.07, 6.45) is 0.371. The van der Waals surface area contributed by atoms with Gasteiger partial charge in [-0.15, -0.1) is 0 Å². The minimum absolute atomic E-state index is 0.120. The zero-order valence-electron chi connectivity index (χ0n) is 11.4. The third-order valence-electron chi connectivity index (χ3n) is 2.71. The number of carbonyl (C=O) groups is 1. The lowest BCUT2D eigenvalue weighted by molar-refractivity contribution is -0.115. The van der Waals surface area contributed by atoms with Crippen LogP contribution in [0.4, 0.5) is 5.13 Å². The zero-order chi connectivity index (χ0) is 14.9. The molecule has 0 aliphatic carbocycles. The summed E-state index contributed by atoms with van der Waals surface area (Å²) >= 11 is 1.26. The number of benzene rings is 1. The molecule has 1 aromatic heterocycles. The maximum absolute atomic E-state index is 12.0. The molecule has 0 saturated carbocycles. The Kier molecular flexibility index (Phi) is 4.07. The summed E-state index contributed by atoms with van der Waals surface area (Å²) in [6, 6.07) is 4.73. The number of hydrogen-bond acceptors (Lipinski definition) is 5. The minimum Gasteiger partial charge on any atom is -0.302 e. The van der Waals surface area contributed by atoms with Gasteiger partial charge in [-0.3, -0.25) is 4.79 Å². The van der Waals surface area contributed by atoms with Crippen LogP contribution < -0.4 is 5.32 Å². The molecule has 1 aromatic carbocycles. The fraction of sp³-hybridized carbons (Fsp3) is 0.333. The summed E-state index contributed by atoms with van der Waals surface area (Å²) < 4.78 is 26.0. The number of thiazole rings is 1. The molecule has 0 atom stereocenters. The molecule has 0 radical (unpaired) electrons. The molecule has 108 valence electrons. The highest BCUT2D eigenvalue weighted by Gasteiger charge is 2.18. The van der Waals surface area contributed by atoms with Crippen LogP contribution in [0.2, 0.25) is 0 Å². The number of rotatable bonds is 4. The Balaban J connectivity index is 2.43. The van der Waals surface area contributed by atoms with Crippen molar-refractivity contribution in [1.82, 2.24) is 9.29 Å². The molecule has 6 nitrogen and oxygen atoms in total. The predicted octanol–water partition coefficient (Wildman–Crippen LogP) is 1.90. The van der Waals surface area contributed by atoms with Crippen molar-refractivity contribution in [1.29, 1.82) is 0 Å². The lowest BCUT2D eigenvalue weighted by Crippen LogP contribution is -2.22. The van der Waals surface area contributed by atoms with Crippen LogP contribution in [-0.4, -0.2) is 37.7 Å². The number of nitrogens with one attached hydrogen (secondary N) is 1. The van der Waals surface area contributed by atoms with E-state index in [1.54, 1.807) is 19.1 Å². The Morgan fingerprint density at radius 1 is 1.40 bits per heavy atom. The van der Waals surface area contributed by atoms with Gasteiger partial charge in [-0.1, -0.05) is 18.3 Å². The third-order valence-corrected chi connectivity index (χ3v) is 5.45. The number of carbonyl (C=O) groups excluding carboxylic acids is 1.